The zero-order valence-electron chi connectivity index (χ0n) is 15.3. The summed E-state index contributed by atoms with van der Waals surface area (Å²) < 4.78 is 12.2. The summed E-state index contributed by atoms with van der Waals surface area (Å²) in [6.45, 7) is 2.51. The number of ether oxygens (including phenoxy) is 2. The molecule has 9 heteroatoms. The van der Waals surface area contributed by atoms with E-state index >= 15 is 0 Å². The van der Waals surface area contributed by atoms with Crippen LogP contribution in [0.2, 0.25) is 5.02 Å². The van der Waals surface area contributed by atoms with E-state index in [4.69, 9.17) is 21.1 Å². The summed E-state index contributed by atoms with van der Waals surface area (Å²) in [7, 11) is 0. The van der Waals surface area contributed by atoms with Crippen LogP contribution in [-0.2, 0) is 16.2 Å². The Morgan fingerprint density at radius 3 is 2.31 bits per heavy atom. The van der Waals surface area contributed by atoms with Crippen LogP contribution >= 0.6 is 27.5 Å². The molecule has 1 aliphatic rings. The number of halogens is 2. The average Bonchev–Trinajstić information content (AvgIpc) is 2.65. The maximum absolute atomic E-state index is 11.9. The van der Waals surface area contributed by atoms with Gasteiger partial charge in [-0.3, -0.25) is 20.2 Å². The quantitative estimate of drug-likeness (QED) is 0.485. The van der Waals surface area contributed by atoms with Crippen molar-refractivity contribution in [3.05, 3.63) is 62.6 Å². The highest BCUT2D eigenvalue weighted by Gasteiger charge is 2.28. The lowest BCUT2D eigenvalue weighted by molar-refractivity contribution is -0.123. The minimum absolute atomic E-state index is 0.186. The van der Waals surface area contributed by atoms with Crippen molar-refractivity contribution in [3.8, 4) is 11.5 Å². The molecular formula is C20H16BrClN2O5. The molecular weight excluding hydrogens is 464 g/mol. The van der Waals surface area contributed by atoms with Gasteiger partial charge in [0.15, 0.2) is 11.5 Å². The third-order valence-electron chi connectivity index (χ3n) is 3.88. The van der Waals surface area contributed by atoms with Crippen LogP contribution in [0.25, 0.3) is 6.08 Å². The molecule has 3 rings (SSSR count). The molecule has 0 radical (unpaired) electrons. The number of barbiturate groups is 1. The first kappa shape index (κ1) is 20.9. The lowest BCUT2D eigenvalue weighted by atomic mass is 10.1. The Morgan fingerprint density at radius 1 is 1.03 bits per heavy atom. The number of imide groups is 2. The number of carbonyl (C=O) groups excluding carboxylic acids is 3. The summed E-state index contributed by atoms with van der Waals surface area (Å²) in [6.07, 6.45) is 1.37. The van der Waals surface area contributed by atoms with Gasteiger partial charge in [0.05, 0.1) is 11.1 Å². The van der Waals surface area contributed by atoms with Gasteiger partial charge in [-0.1, -0.05) is 23.7 Å². The molecule has 0 aliphatic carbocycles. The maximum Gasteiger partial charge on any atom is 0.328 e. The molecule has 2 N–H and O–H groups in total. The van der Waals surface area contributed by atoms with Crippen molar-refractivity contribution in [1.82, 2.24) is 10.6 Å². The van der Waals surface area contributed by atoms with Gasteiger partial charge in [0.25, 0.3) is 11.8 Å². The number of rotatable bonds is 6. The van der Waals surface area contributed by atoms with Crippen LogP contribution in [0.15, 0.2) is 46.4 Å². The first-order valence-corrected chi connectivity index (χ1v) is 9.76. The van der Waals surface area contributed by atoms with E-state index < -0.39 is 17.8 Å². The summed E-state index contributed by atoms with van der Waals surface area (Å²) in [6, 6.07) is 9.75. The van der Waals surface area contributed by atoms with Crippen LogP contribution in [0, 0.1) is 0 Å². The Balaban J connectivity index is 1.88. The van der Waals surface area contributed by atoms with E-state index in [9.17, 15) is 14.4 Å². The molecule has 0 aromatic heterocycles. The smallest absolute Gasteiger partial charge is 0.328 e. The molecule has 2 aromatic carbocycles. The summed E-state index contributed by atoms with van der Waals surface area (Å²) in [5, 5.41) is 4.70. The topological polar surface area (TPSA) is 93.7 Å². The molecule has 1 heterocycles. The van der Waals surface area contributed by atoms with E-state index in [1.54, 1.807) is 24.3 Å². The van der Waals surface area contributed by atoms with Gasteiger partial charge in [0.2, 0.25) is 0 Å². The monoisotopic (exact) mass is 478 g/mol. The Kier molecular flexibility index (Phi) is 6.56. The minimum Gasteiger partial charge on any atom is -0.490 e. The third-order valence-corrected chi connectivity index (χ3v) is 4.72. The molecule has 29 heavy (non-hydrogen) atoms. The highest BCUT2D eigenvalue weighted by atomic mass is 79.9. The molecule has 0 unspecified atom stereocenters. The largest absolute Gasteiger partial charge is 0.490 e. The van der Waals surface area contributed by atoms with E-state index in [0.29, 0.717) is 39.8 Å². The molecule has 1 fully saturated rings. The van der Waals surface area contributed by atoms with Crippen LogP contribution in [0.5, 0.6) is 11.5 Å². The van der Waals surface area contributed by atoms with Crippen molar-refractivity contribution >= 4 is 51.5 Å². The Morgan fingerprint density at radius 2 is 1.69 bits per heavy atom. The molecule has 2 aromatic rings. The minimum atomic E-state index is -0.848. The number of nitrogens with one attached hydrogen (secondary N) is 2. The van der Waals surface area contributed by atoms with Crippen molar-refractivity contribution in [3.63, 3.8) is 0 Å². The summed E-state index contributed by atoms with van der Waals surface area (Å²) >= 11 is 9.34. The number of hydrogen-bond acceptors (Lipinski definition) is 5. The Hall–Kier alpha value is -2.84. The first-order valence-electron chi connectivity index (χ1n) is 8.59. The summed E-state index contributed by atoms with van der Waals surface area (Å²) in [4.78, 5) is 35.0. The van der Waals surface area contributed by atoms with Crippen LogP contribution in [0.3, 0.4) is 0 Å². The second kappa shape index (κ2) is 9.11. The number of benzene rings is 2. The SMILES string of the molecule is CCOc1cc(C=C2C(=O)NC(=O)NC2=O)cc(Br)c1OCc1ccc(Cl)cc1. The molecule has 0 saturated carbocycles. The van der Waals surface area contributed by atoms with Crippen molar-refractivity contribution in [2.75, 3.05) is 6.61 Å². The van der Waals surface area contributed by atoms with Gasteiger partial charge >= 0.3 is 6.03 Å². The zero-order chi connectivity index (χ0) is 21.0. The predicted molar refractivity (Wildman–Crippen MR) is 111 cm³/mol. The molecule has 1 aliphatic heterocycles. The summed E-state index contributed by atoms with van der Waals surface area (Å²) in [5.74, 6) is -0.612. The number of amides is 4. The van der Waals surface area contributed by atoms with Crippen molar-refractivity contribution in [1.29, 1.82) is 0 Å². The molecule has 7 nitrogen and oxygen atoms in total. The van der Waals surface area contributed by atoms with E-state index in [1.807, 2.05) is 29.7 Å². The van der Waals surface area contributed by atoms with Crippen LogP contribution < -0.4 is 20.1 Å². The van der Waals surface area contributed by atoms with E-state index in [1.165, 1.54) is 6.08 Å². The number of carbonyl (C=O) groups is 3. The second-order valence-electron chi connectivity index (χ2n) is 5.97. The lowest BCUT2D eigenvalue weighted by Gasteiger charge is -2.16. The van der Waals surface area contributed by atoms with Crippen LogP contribution in [0.4, 0.5) is 4.79 Å². The zero-order valence-corrected chi connectivity index (χ0v) is 17.6. The molecule has 150 valence electrons. The van der Waals surface area contributed by atoms with Crippen LogP contribution in [-0.4, -0.2) is 24.5 Å². The van der Waals surface area contributed by atoms with Crippen molar-refractivity contribution in [2.24, 2.45) is 0 Å². The molecule has 0 bridgehead atoms. The van der Waals surface area contributed by atoms with E-state index in [2.05, 4.69) is 15.9 Å². The van der Waals surface area contributed by atoms with Gasteiger partial charge in [-0.25, -0.2) is 4.79 Å². The standard InChI is InChI=1S/C20H16BrClN2O5/c1-2-28-16-9-12(7-14-18(25)23-20(27)24-19(14)26)8-15(21)17(16)29-10-11-3-5-13(22)6-4-11/h3-9H,2,10H2,1H3,(H2,23,24,25,26,27). The third kappa shape index (κ3) is 5.16. The first-order chi connectivity index (χ1) is 13.9. The van der Waals surface area contributed by atoms with Crippen LogP contribution in [0.1, 0.15) is 18.1 Å². The fourth-order valence-electron chi connectivity index (χ4n) is 2.58. The fraction of sp³-hybridized carbons (Fsp3) is 0.150. The molecule has 0 atom stereocenters. The summed E-state index contributed by atoms with van der Waals surface area (Å²) in [5.41, 5.74) is 1.26. The van der Waals surface area contributed by atoms with Gasteiger partial charge in [-0.05, 0) is 64.3 Å². The molecule has 0 spiro atoms. The molecule has 4 amide bonds. The van der Waals surface area contributed by atoms with Gasteiger partial charge < -0.3 is 9.47 Å². The van der Waals surface area contributed by atoms with Crippen molar-refractivity contribution < 1.29 is 23.9 Å². The Labute approximate surface area is 180 Å². The van der Waals surface area contributed by atoms with Gasteiger partial charge in [-0.2, -0.15) is 0 Å². The second-order valence-corrected chi connectivity index (χ2v) is 7.26. The highest BCUT2D eigenvalue weighted by molar-refractivity contribution is 9.10. The normalized spacial score (nSPS) is 13.6. The van der Waals surface area contributed by atoms with E-state index in [0.717, 1.165) is 5.56 Å². The number of urea groups is 1. The highest BCUT2D eigenvalue weighted by Crippen LogP contribution is 2.38. The average molecular weight is 480 g/mol. The number of hydrogen-bond donors (Lipinski definition) is 2. The fourth-order valence-corrected chi connectivity index (χ4v) is 3.28. The maximum atomic E-state index is 11.9. The predicted octanol–water partition coefficient (Wildman–Crippen LogP) is 3.83. The van der Waals surface area contributed by atoms with Gasteiger partial charge in [0, 0.05) is 5.02 Å². The van der Waals surface area contributed by atoms with Gasteiger partial charge in [-0.15, -0.1) is 0 Å². The van der Waals surface area contributed by atoms with E-state index in [-0.39, 0.29) is 5.57 Å². The van der Waals surface area contributed by atoms with Gasteiger partial charge in [0.1, 0.15) is 12.2 Å². The van der Waals surface area contributed by atoms with Crippen molar-refractivity contribution in [2.45, 2.75) is 13.5 Å². The Bertz CT molecular complexity index is 983. The lowest BCUT2D eigenvalue weighted by Crippen LogP contribution is -2.51. The molecule has 1 saturated heterocycles.